The minimum Gasteiger partial charge on any atom is -0.493 e. The van der Waals surface area contributed by atoms with Crippen molar-refractivity contribution in [2.75, 3.05) is 50.6 Å². The lowest BCUT2D eigenvalue weighted by Crippen LogP contribution is -2.35. The lowest BCUT2D eigenvalue weighted by molar-refractivity contribution is 0.248. The van der Waals surface area contributed by atoms with Gasteiger partial charge in [-0.15, -0.1) is 0 Å². The van der Waals surface area contributed by atoms with Crippen molar-refractivity contribution in [3.05, 3.63) is 36.0 Å². The molecule has 1 aromatic heterocycles. The number of hydrogen-bond acceptors (Lipinski definition) is 7. The van der Waals surface area contributed by atoms with Crippen LogP contribution in [0.5, 0.6) is 11.5 Å². The van der Waals surface area contributed by atoms with E-state index >= 15 is 0 Å². The number of rotatable bonds is 8. The predicted octanol–water partition coefficient (Wildman–Crippen LogP) is 3.95. The summed E-state index contributed by atoms with van der Waals surface area (Å²) in [6, 6.07) is 8.58. The predicted molar refractivity (Wildman–Crippen MR) is 124 cm³/mol. The molecular weight excluding hydrogens is 390 g/mol. The molecule has 1 unspecified atom stereocenters. The molecule has 1 N–H and O–H groups in total. The van der Waals surface area contributed by atoms with Gasteiger partial charge in [0.2, 0.25) is 5.95 Å². The zero-order valence-corrected chi connectivity index (χ0v) is 18.8. The molecule has 0 saturated carbocycles. The van der Waals surface area contributed by atoms with E-state index in [4.69, 9.17) is 14.5 Å². The van der Waals surface area contributed by atoms with Gasteiger partial charge >= 0.3 is 0 Å². The van der Waals surface area contributed by atoms with Crippen molar-refractivity contribution in [2.24, 2.45) is 0 Å². The topological polar surface area (TPSA) is 62.8 Å². The van der Waals surface area contributed by atoms with E-state index in [2.05, 4.69) is 26.2 Å². The maximum atomic E-state index is 5.63. The summed E-state index contributed by atoms with van der Waals surface area (Å²) in [5.74, 6) is 3.39. The van der Waals surface area contributed by atoms with Crippen LogP contribution in [0.2, 0.25) is 0 Å². The highest BCUT2D eigenvalue weighted by atomic mass is 16.5. The average Bonchev–Trinajstić information content (AvgIpc) is 3.06. The smallest absolute Gasteiger partial charge is 0.224 e. The van der Waals surface area contributed by atoms with E-state index in [1.807, 2.05) is 24.4 Å². The van der Waals surface area contributed by atoms with Crippen molar-refractivity contribution in [3.8, 4) is 11.5 Å². The van der Waals surface area contributed by atoms with E-state index in [0.717, 1.165) is 61.6 Å². The van der Waals surface area contributed by atoms with Gasteiger partial charge in [-0.05, 0) is 44.4 Å². The molecule has 31 heavy (non-hydrogen) atoms. The van der Waals surface area contributed by atoms with Crippen LogP contribution >= 0.6 is 0 Å². The molecule has 168 valence electrons. The Bertz CT molecular complexity index is 838. The lowest BCUT2D eigenvalue weighted by Gasteiger charge is -2.26. The molecule has 0 amide bonds. The van der Waals surface area contributed by atoms with Crippen LogP contribution in [0.4, 0.5) is 11.8 Å². The van der Waals surface area contributed by atoms with Gasteiger partial charge in [-0.2, -0.15) is 4.98 Å². The molecule has 0 spiro atoms. The van der Waals surface area contributed by atoms with Crippen molar-refractivity contribution in [3.63, 3.8) is 0 Å². The van der Waals surface area contributed by atoms with Crippen LogP contribution in [0.3, 0.4) is 0 Å². The maximum Gasteiger partial charge on any atom is 0.224 e. The van der Waals surface area contributed by atoms with E-state index in [1.54, 1.807) is 14.2 Å². The summed E-state index contributed by atoms with van der Waals surface area (Å²) in [5.41, 5.74) is 1.16. The molecule has 4 rings (SSSR count). The van der Waals surface area contributed by atoms with E-state index in [-0.39, 0.29) is 0 Å². The number of benzene rings is 1. The molecule has 1 atom stereocenters. The fraction of sp³-hybridized carbons (Fsp3) is 0.583. The van der Waals surface area contributed by atoms with Crippen LogP contribution < -0.4 is 19.7 Å². The van der Waals surface area contributed by atoms with Gasteiger partial charge in [0.25, 0.3) is 0 Å². The highest BCUT2D eigenvalue weighted by Crippen LogP contribution is 2.33. The van der Waals surface area contributed by atoms with Crippen LogP contribution in [0, 0.1) is 0 Å². The van der Waals surface area contributed by atoms with Gasteiger partial charge in [-0.25, -0.2) is 4.98 Å². The molecule has 3 heterocycles. The normalized spacial score (nSPS) is 19.8. The minimum absolute atomic E-state index is 0.446. The SMILES string of the molecule is COc1cccc(CN2CCCC2CNc2nccc(N3CCCCCC3)n2)c1OC. The van der Waals surface area contributed by atoms with Gasteiger partial charge in [0.05, 0.1) is 14.2 Å². The molecule has 2 saturated heterocycles. The standard InChI is InChI=1S/C24H35N5O2/c1-30-21-11-7-9-19(23(21)31-2)18-29-16-8-10-20(29)17-26-24-25-13-12-22(27-24)28-14-5-3-4-6-15-28/h7,9,11-13,20H,3-6,8,10,14-18H2,1-2H3,(H,25,26,27). The number of ether oxygens (including phenoxy) is 2. The fourth-order valence-corrected chi connectivity index (χ4v) is 4.75. The number of hydrogen-bond donors (Lipinski definition) is 1. The van der Waals surface area contributed by atoms with Crippen LogP contribution in [0.25, 0.3) is 0 Å². The van der Waals surface area contributed by atoms with Crippen LogP contribution in [0.15, 0.2) is 30.5 Å². The second-order valence-electron chi connectivity index (χ2n) is 8.44. The second kappa shape index (κ2) is 10.7. The first-order valence-electron chi connectivity index (χ1n) is 11.5. The molecular formula is C24H35N5O2. The summed E-state index contributed by atoms with van der Waals surface area (Å²) in [7, 11) is 3.39. The highest BCUT2D eigenvalue weighted by Gasteiger charge is 2.26. The average molecular weight is 426 g/mol. The molecule has 2 fully saturated rings. The Morgan fingerprint density at radius 1 is 1.00 bits per heavy atom. The third kappa shape index (κ3) is 5.39. The summed E-state index contributed by atoms with van der Waals surface area (Å²) < 4.78 is 11.1. The first-order valence-corrected chi connectivity index (χ1v) is 11.5. The van der Waals surface area contributed by atoms with Crippen molar-refractivity contribution in [2.45, 2.75) is 51.1 Å². The Morgan fingerprint density at radius 3 is 2.61 bits per heavy atom. The largest absolute Gasteiger partial charge is 0.493 e. The first-order chi connectivity index (χ1) is 15.3. The molecule has 2 aliphatic rings. The number of methoxy groups -OCH3 is 2. The summed E-state index contributed by atoms with van der Waals surface area (Å²) >= 11 is 0. The van der Waals surface area contributed by atoms with Crippen molar-refractivity contribution >= 4 is 11.8 Å². The van der Waals surface area contributed by atoms with Crippen LogP contribution in [0.1, 0.15) is 44.1 Å². The number of likely N-dealkylation sites (tertiary alicyclic amines) is 1. The third-order valence-electron chi connectivity index (χ3n) is 6.42. The van der Waals surface area contributed by atoms with Gasteiger partial charge < -0.3 is 19.7 Å². The molecule has 0 radical (unpaired) electrons. The summed E-state index contributed by atoms with van der Waals surface area (Å²) in [5, 5.41) is 3.50. The summed E-state index contributed by atoms with van der Waals surface area (Å²) in [6.45, 7) is 4.96. The molecule has 0 bridgehead atoms. The molecule has 0 aliphatic carbocycles. The van der Waals surface area contributed by atoms with Crippen molar-refractivity contribution in [1.82, 2.24) is 14.9 Å². The third-order valence-corrected chi connectivity index (χ3v) is 6.42. The summed E-state index contributed by atoms with van der Waals surface area (Å²) in [4.78, 5) is 14.2. The zero-order valence-electron chi connectivity index (χ0n) is 18.8. The Balaban J connectivity index is 1.38. The van der Waals surface area contributed by atoms with E-state index in [1.165, 1.54) is 38.5 Å². The van der Waals surface area contributed by atoms with E-state index < -0.39 is 0 Å². The second-order valence-corrected chi connectivity index (χ2v) is 8.44. The quantitative estimate of drug-likeness (QED) is 0.687. The van der Waals surface area contributed by atoms with Gasteiger partial charge in [0.15, 0.2) is 11.5 Å². The Labute approximate surface area is 185 Å². The van der Waals surface area contributed by atoms with Gasteiger partial charge in [-0.3, -0.25) is 4.90 Å². The number of nitrogens with one attached hydrogen (secondary N) is 1. The number of anilines is 2. The van der Waals surface area contributed by atoms with E-state index in [0.29, 0.717) is 6.04 Å². The van der Waals surface area contributed by atoms with Crippen molar-refractivity contribution < 1.29 is 9.47 Å². The monoisotopic (exact) mass is 425 g/mol. The maximum absolute atomic E-state index is 5.63. The van der Waals surface area contributed by atoms with E-state index in [9.17, 15) is 0 Å². The Kier molecular flexibility index (Phi) is 7.46. The van der Waals surface area contributed by atoms with Crippen LogP contribution in [-0.2, 0) is 6.54 Å². The van der Waals surface area contributed by atoms with Crippen molar-refractivity contribution in [1.29, 1.82) is 0 Å². The molecule has 7 heteroatoms. The van der Waals surface area contributed by atoms with Gasteiger partial charge in [-0.1, -0.05) is 25.0 Å². The number of para-hydroxylation sites is 1. The number of aromatic nitrogens is 2. The van der Waals surface area contributed by atoms with Gasteiger partial charge in [0.1, 0.15) is 5.82 Å². The summed E-state index contributed by atoms with van der Waals surface area (Å²) in [6.07, 6.45) is 9.39. The highest BCUT2D eigenvalue weighted by molar-refractivity contribution is 5.46. The lowest BCUT2D eigenvalue weighted by atomic mass is 10.1. The Morgan fingerprint density at radius 2 is 1.84 bits per heavy atom. The fourth-order valence-electron chi connectivity index (χ4n) is 4.75. The zero-order chi connectivity index (χ0) is 21.5. The number of nitrogens with zero attached hydrogens (tertiary/aromatic N) is 4. The molecule has 2 aliphatic heterocycles. The Hall–Kier alpha value is -2.54. The molecule has 1 aromatic carbocycles. The first kappa shape index (κ1) is 21.7. The minimum atomic E-state index is 0.446. The van der Waals surface area contributed by atoms with Gasteiger partial charge in [0, 0.05) is 44.0 Å². The molecule has 2 aromatic rings. The molecule has 7 nitrogen and oxygen atoms in total. The van der Waals surface area contributed by atoms with Crippen LogP contribution in [-0.4, -0.2) is 61.3 Å².